The number of hydrogen-bond acceptors (Lipinski definition) is 3. The molecule has 1 unspecified atom stereocenters. The predicted molar refractivity (Wildman–Crippen MR) is 39.5 cm³/mol. The molecule has 1 aliphatic carbocycles. The first kappa shape index (κ1) is 8.49. The van der Waals surface area contributed by atoms with E-state index < -0.39 is 17.6 Å². The Labute approximate surface area is 65.5 Å². The summed E-state index contributed by atoms with van der Waals surface area (Å²) in [6, 6.07) is -0.563. The van der Waals surface area contributed by atoms with E-state index in [-0.39, 0.29) is 0 Å². The maximum Gasteiger partial charge on any atom is 0.323 e. The van der Waals surface area contributed by atoms with Crippen LogP contribution in [0, 0.1) is 0 Å². The van der Waals surface area contributed by atoms with Crippen molar-refractivity contribution in [1.82, 2.24) is 5.32 Å². The molecule has 0 amide bonds. The number of carboxylic acids is 1. The third-order valence-electron chi connectivity index (χ3n) is 2.21. The highest BCUT2D eigenvalue weighted by atomic mass is 16.5. The minimum atomic E-state index is -0.841. The average Bonchev–Trinajstić information content (AvgIpc) is 2.70. The summed E-state index contributed by atoms with van der Waals surface area (Å²) >= 11 is 0. The molecule has 0 radical (unpaired) electrons. The molecule has 4 nitrogen and oxygen atoms in total. The van der Waals surface area contributed by atoms with E-state index >= 15 is 0 Å². The number of hydrogen-bond donors (Lipinski definition) is 2. The molecule has 4 heteroatoms. The summed E-state index contributed by atoms with van der Waals surface area (Å²) in [6.07, 6.45) is 1.67. The highest BCUT2D eigenvalue weighted by molar-refractivity contribution is 5.76. The normalized spacial score (nSPS) is 22.7. The maximum absolute atomic E-state index is 10.6. The van der Waals surface area contributed by atoms with Crippen molar-refractivity contribution in [2.75, 3.05) is 14.2 Å². The highest BCUT2D eigenvalue weighted by Crippen LogP contribution is 2.41. The van der Waals surface area contributed by atoms with Crippen LogP contribution >= 0.6 is 0 Å². The van der Waals surface area contributed by atoms with Crippen molar-refractivity contribution in [3.8, 4) is 0 Å². The minimum Gasteiger partial charge on any atom is -0.480 e. The Hall–Kier alpha value is -0.610. The van der Waals surface area contributed by atoms with Gasteiger partial charge in [-0.2, -0.15) is 0 Å². The van der Waals surface area contributed by atoms with Gasteiger partial charge in [-0.1, -0.05) is 0 Å². The second kappa shape index (κ2) is 2.79. The van der Waals surface area contributed by atoms with Crippen LogP contribution in [0.3, 0.4) is 0 Å². The Kier molecular flexibility index (Phi) is 2.15. The summed E-state index contributed by atoms with van der Waals surface area (Å²) in [5.41, 5.74) is -0.430. The lowest BCUT2D eigenvalue weighted by molar-refractivity contribution is -0.144. The van der Waals surface area contributed by atoms with E-state index in [0.29, 0.717) is 0 Å². The topological polar surface area (TPSA) is 58.6 Å². The molecule has 0 aliphatic heterocycles. The van der Waals surface area contributed by atoms with Crippen LogP contribution in [0.25, 0.3) is 0 Å². The molecule has 1 saturated carbocycles. The van der Waals surface area contributed by atoms with Gasteiger partial charge in [-0.05, 0) is 19.9 Å². The van der Waals surface area contributed by atoms with Crippen molar-refractivity contribution in [1.29, 1.82) is 0 Å². The lowest BCUT2D eigenvalue weighted by Crippen LogP contribution is -2.46. The Morgan fingerprint density at radius 2 is 2.27 bits per heavy atom. The number of rotatable bonds is 4. The molecule has 1 atom stereocenters. The molecule has 0 saturated heterocycles. The molecule has 2 N–H and O–H groups in total. The van der Waals surface area contributed by atoms with E-state index in [1.807, 2.05) is 0 Å². The molecule has 1 fully saturated rings. The molecule has 1 rings (SSSR count). The van der Waals surface area contributed by atoms with Gasteiger partial charge in [0, 0.05) is 7.11 Å². The van der Waals surface area contributed by atoms with Crippen LogP contribution < -0.4 is 5.32 Å². The van der Waals surface area contributed by atoms with Gasteiger partial charge in [0.25, 0.3) is 0 Å². The van der Waals surface area contributed by atoms with Crippen LogP contribution in [-0.2, 0) is 9.53 Å². The van der Waals surface area contributed by atoms with E-state index in [2.05, 4.69) is 5.32 Å². The van der Waals surface area contributed by atoms with Crippen molar-refractivity contribution in [2.24, 2.45) is 0 Å². The van der Waals surface area contributed by atoms with Gasteiger partial charge in [0.05, 0.1) is 5.60 Å². The van der Waals surface area contributed by atoms with Gasteiger partial charge in [-0.25, -0.2) is 0 Å². The predicted octanol–water partition coefficient (Wildman–Crippen LogP) is -0.162. The van der Waals surface area contributed by atoms with E-state index in [4.69, 9.17) is 9.84 Å². The average molecular weight is 159 g/mol. The third-order valence-corrected chi connectivity index (χ3v) is 2.21. The van der Waals surface area contributed by atoms with Gasteiger partial charge in [0.15, 0.2) is 0 Å². The number of carbonyl (C=O) groups is 1. The third kappa shape index (κ3) is 1.36. The van der Waals surface area contributed by atoms with Crippen LogP contribution in [0.15, 0.2) is 0 Å². The summed E-state index contributed by atoms with van der Waals surface area (Å²) in [6.45, 7) is 0. The first-order valence-corrected chi connectivity index (χ1v) is 3.61. The largest absolute Gasteiger partial charge is 0.480 e. The lowest BCUT2D eigenvalue weighted by Gasteiger charge is -2.20. The summed E-state index contributed by atoms with van der Waals surface area (Å²) in [7, 11) is 3.19. The summed E-state index contributed by atoms with van der Waals surface area (Å²) in [4.78, 5) is 10.6. The van der Waals surface area contributed by atoms with Crippen molar-refractivity contribution in [2.45, 2.75) is 24.5 Å². The smallest absolute Gasteiger partial charge is 0.323 e. The molecule has 0 heterocycles. The van der Waals surface area contributed by atoms with Crippen LogP contribution in [-0.4, -0.2) is 36.9 Å². The van der Waals surface area contributed by atoms with E-state index in [1.54, 1.807) is 14.2 Å². The molecule has 0 aromatic rings. The molecule has 64 valence electrons. The van der Waals surface area contributed by atoms with Crippen molar-refractivity contribution in [3.05, 3.63) is 0 Å². The number of methoxy groups -OCH3 is 1. The second-order valence-electron chi connectivity index (χ2n) is 2.83. The van der Waals surface area contributed by atoms with Gasteiger partial charge in [0.2, 0.25) is 0 Å². The van der Waals surface area contributed by atoms with E-state index in [0.717, 1.165) is 12.8 Å². The van der Waals surface area contributed by atoms with E-state index in [1.165, 1.54) is 0 Å². The Bertz CT molecular complexity index is 165. The molecule has 0 bridgehead atoms. The fraction of sp³-hybridized carbons (Fsp3) is 0.857. The number of likely N-dealkylation sites (N-methyl/N-ethyl adjacent to an activating group) is 1. The monoisotopic (exact) mass is 159 g/mol. The van der Waals surface area contributed by atoms with Crippen molar-refractivity contribution in [3.63, 3.8) is 0 Å². The first-order chi connectivity index (χ1) is 5.16. The van der Waals surface area contributed by atoms with Crippen LogP contribution in [0.5, 0.6) is 0 Å². The molecule has 0 aromatic heterocycles. The van der Waals surface area contributed by atoms with Gasteiger partial charge in [0.1, 0.15) is 6.04 Å². The quantitative estimate of drug-likeness (QED) is 0.598. The van der Waals surface area contributed by atoms with Gasteiger partial charge < -0.3 is 15.2 Å². The summed E-state index contributed by atoms with van der Waals surface area (Å²) in [5.74, 6) is -0.841. The van der Waals surface area contributed by atoms with Gasteiger partial charge >= 0.3 is 5.97 Å². The second-order valence-corrected chi connectivity index (χ2v) is 2.83. The molecular weight excluding hydrogens is 146 g/mol. The number of aliphatic carboxylic acids is 1. The van der Waals surface area contributed by atoms with E-state index in [9.17, 15) is 4.79 Å². The standard InChI is InChI=1S/C7H13NO3/c1-8-5(6(9)10)7(11-2)3-4-7/h5,8H,3-4H2,1-2H3,(H,9,10). The Balaban J connectivity index is 2.61. The SMILES string of the molecule is CNC(C(=O)O)C1(OC)CC1. The van der Waals surface area contributed by atoms with Crippen LogP contribution in [0.2, 0.25) is 0 Å². The van der Waals surface area contributed by atoms with Gasteiger partial charge in [-0.15, -0.1) is 0 Å². The molecule has 0 spiro atoms. The zero-order chi connectivity index (χ0) is 8.48. The molecule has 0 aromatic carbocycles. The minimum absolute atomic E-state index is 0.430. The first-order valence-electron chi connectivity index (χ1n) is 3.61. The van der Waals surface area contributed by atoms with Crippen molar-refractivity contribution < 1.29 is 14.6 Å². The number of carboxylic acid groups (broad SMARTS) is 1. The number of nitrogens with one attached hydrogen (secondary N) is 1. The summed E-state index contributed by atoms with van der Waals surface area (Å²) < 4.78 is 5.12. The Morgan fingerprint density at radius 1 is 1.73 bits per heavy atom. The highest BCUT2D eigenvalue weighted by Gasteiger charge is 2.52. The molecule has 11 heavy (non-hydrogen) atoms. The fourth-order valence-corrected chi connectivity index (χ4v) is 1.35. The zero-order valence-corrected chi connectivity index (χ0v) is 6.76. The van der Waals surface area contributed by atoms with Crippen LogP contribution in [0.1, 0.15) is 12.8 Å². The number of ether oxygens (including phenoxy) is 1. The lowest BCUT2D eigenvalue weighted by atomic mass is 10.1. The Morgan fingerprint density at radius 3 is 2.36 bits per heavy atom. The van der Waals surface area contributed by atoms with Crippen LogP contribution in [0.4, 0.5) is 0 Å². The zero-order valence-electron chi connectivity index (χ0n) is 6.76. The molecule has 1 aliphatic rings. The van der Waals surface area contributed by atoms with Gasteiger partial charge in [-0.3, -0.25) is 4.79 Å². The molecular formula is C7H13NO3. The fourth-order valence-electron chi connectivity index (χ4n) is 1.35. The summed E-state index contributed by atoms with van der Waals surface area (Å²) in [5, 5.41) is 11.5. The van der Waals surface area contributed by atoms with Crippen molar-refractivity contribution >= 4 is 5.97 Å². The maximum atomic E-state index is 10.6.